The van der Waals surface area contributed by atoms with E-state index < -0.39 is 17.5 Å². The predicted molar refractivity (Wildman–Crippen MR) is 58.6 cm³/mol. The van der Waals surface area contributed by atoms with Crippen LogP contribution in [0.1, 0.15) is 10.4 Å². The summed E-state index contributed by atoms with van der Waals surface area (Å²) in [6.07, 6.45) is 0. The second-order valence-corrected chi connectivity index (χ2v) is 4.04. The monoisotopic (exact) mass is 256 g/mol. The van der Waals surface area contributed by atoms with Crippen LogP contribution in [0.2, 0.25) is 0 Å². The Labute approximate surface area is 98.3 Å². The fourth-order valence-corrected chi connectivity index (χ4v) is 1.60. The van der Waals surface area contributed by atoms with Gasteiger partial charge in [0.25, 0.3) is 5.91 Å². The zero-order valence-corrected chi connectivity index (χ0v) is 9.09. The van der Waals surface area contributed by atoms with Crippen LogP contribution in [0, 0.1) is 11.6 Å². The normalized spacial score (nSPS) is 10.2. The highest BCUT2D eigenvalue weighted by Crippen LogP contribution is 2.17. The van der Waals surface area contributed by atoms with E-state index in [-0.39, 0.29) is 15.8 Å². The summed E-state index contributed by atoms with van der Waals surface area (Å²) in [5.41, 5.74) is 5.30. The number of nitrogens with one attached hydrogen (secondary N) is 1. The minimum atomic E-state index is -1.09. The molecule has 2 aromatic rings. The molecule has 1 heterocycles. The van der Waals surface area contributed by atoms with Crippen molar-refractivity contribution in [3.05, 3.63) is 35.4 Å². The second kappa shape index (κ2) is 4.42. The Morgan fingerprint density at radius 1 is 1.29 bits per heavy atom. The van der Waals surface area contributed by atoms with E-state index in [1.54, 1.807) is 0 Å². The van der Waals surface area contributed by atoms with Crippen LogP contribution in [0.15, 0.2) is 18.2 Å². The molecule has 0 atom stereocenters. The van der Waals surface area contributed by atoms with E-state index >= 15 is 0 Å². The highest BCUT2D eigenvalue weighted by atomic mass is 32.1. The van der Waals surface area contributed by atoms with Gasteiger partial charge in [0, 0.05) is 5.56 Å². The number of hydrogen-bond donors (Lipinski definition) is 2. The van der Waals surface area contributed by atoms with Crippen molar-refractivity contribution in [1.29, 1.82) is 0 Å². The van der Waals surface area contributed by atoms with Crippen LogP contribution in [0.3, 0.4) is 0 Å². The van der Waals surface area contributed by atoms with Crippen LogP contribution in [0.5, 0.6) is 0 Å². The Kier molecular flexibility index (Phi) is 2.96. The highest BCUT2D eigenvalue weighted by Gasteiger charge is 2.11. The molecule has 3 N–H and O–H groups in total. The van der Waals surface area contributed by atoms with Crippen LogP contribution in [-0.2, 0) is 0 Å². The van der Waals surface area contributed by atoms with Gasteiger partial charge in [-0.1, -0.05) is 11.3 Å². The number of benzene rings is 1. The first-order valence-corrected chi connectivity index (χ1v) is 5.23. The van der Waals surface area contributed by atoms with Gasteiger partial charge in [-0.05, 0) is 18.2 Å². The van der Waals surface area contributed by atoms with E-state index in [1.807, 2.05) is 0 Å². The second-order valence-electron chi connectivity index (χ2n) is 3.03. The zero-order chi connectivity index (χ0) is 12.4. The molecule has 0 aliphatic carbocycles. The first-order chi connectivity index (χ1) is 8.06. The molecule has 88 valence electrons. The van der Waals surface area contributed by atoms with Gasteiger partial charge < -0.3 is 5.73 Å². The van der Waals surface area contributed by atoms with Gasteiger partial charge in [0.2, 0.25) is 10.3 Å². The summed E-state index contributed by atoms with van der Waals surface area (Å²) in [6, 6.07) is 2.84. The molecule has 0 saturated heterocycles. The minimum absolute atomic E-state index is 0.0160. The number of rotatable bonds is 2. The number of nitrogen functional groups attached to an aromatic ring is 1. The Bertz CT molecular complexity index is 572. The van der Waals surface area contributed by atoms with Gasteiger partial charge in [-0.3, -0.25) is 10.1 Å². The van der Waals surface area contributed by atoms with E-state index in [0.29, 0.717) is 0 Å². The Morgan fingerprint density at radius 2 is 2.06 bits per heavy atom. The van der Waals surface area contributed by atoms with Crippen molar-refractivity contribution in [2.75, 3.05) is 11.1 Å². The van der Waals surface area contributed by atoms with Crippen LogP contribution < -0.4 is 11.1 Å². The summed E-state index contributed by atoms with van der Waals surface area (Å²) in [4.78, 5) is 11.6. The Morgan fingerprint density at radius 3 is 2.65 bits per heavy atom. The van der Waals surface area contributed by atoms with Crippen molar-refractivity contribution in [1.82, 2.24) is 10.2 Å². The number of hydrogen-bond acceptors (Lipinski definition) is 5. The molecule has 0 spiro atoms. The summed E-state index contributed by atoms with van der Waals surface area (Å²) in [5.74, 6) is -2.71. The molecule has 0 fully saturated rings. The summed E-state index contributed by atoms with van der Waals surface area (Å²) >= 11 is 0.974. The first kappa shape index (κ1) is 11.4. The number of amides is 1. The van der Waals surface area contributed by atoms with Crippen molar-refractivity contribution in [3.63, 3.8) is 0 Å². The molecule has 0 aliphatic heterocycles. The van der Waals surface area contributed by atoms with Gasteiger partial charge in [-0.25, -0.2) is 8.78 Å². The number of carbonyl (C=O) groups is 1. The first-order valence-electron chi connectivity index (χ1n) is 4.41. The smallest absolute Gasteiger partial charge is 0.257 e. The van der Waals surface area contributed by atoms with Crippen LogP contribution in [0.25, 0.3) is 0 Å². The molecule has 0 radical (unpaired) electrons. The molecular weight excluding hydrogens is 250 g/mol. The van der Waals surface area contributed by atoms with Crippen molar-refractivity contribution in [2.45, 2.75) is 0 Å². The third-order valence-corrected chi connectivity index (χ3v) is 2.51. The number of carbonyl (C=O) groups excluding carboxylic acids is 1. The lowest BCUT2D eigenvalue weighted by Gasteiger charge is -2.01. The van der Waals surface area contributed by atoms with Gasteiger partial charge in [0.05, 0.1) is 0 Å². The maximum Gasteiger partial charge on any atom is 0.257 e. The lowest BCUT2D eigenvalue weighted by molar-refractivity contribution is 0.102. The predicted octanol–water partition coefficient (Wildman–Crippen LogP) is 1.65. The van der Waals surface area contributed by atoms with Crippen molar-refractivity contribution in [2.24, 2.45) is 0 Å². The van der Waals surface area contributed by atoms with Gasteiger partial charge in [0.1, 0.15) is 0 Å². The Hall–Kier alpha value is -2.09. The average molecular weight is 256 g/mol. The SMILES string of the molecule is Nc1nnc(NC(=O)c2ccc(F)c(F)c2)s1. The van der Waals surface area contributed by atoms with E-state index in [2.05, 4.69) is 15.5 Å². The molecule has 1 amide bonds. The third-order valence-electron chi connectivity index (χ3n) is 1.84. The molecule has 0 bridgehead atoms. The zero-order valence-electron chi connectivity index (χ0n) is 8.28. The van der Waals surface area contributed by atoms with Gasteiger partial charge >= 0.3 is 0 Å². The molecular formula is C9H6F2N4OS. The van der Waals surface area contributed by atoms with Crippen molar-refractivity contribution >= 4 is 27.5 Å². The number of anilines is 2. The van der Waals surface area contributed by atoms with Crippen LogP contribution >= 0.6 is 11.3 Å². The minimum Gasteiger partial charge on any atom is -0.374 e. The fourth-order valence-electron chi connectivity index (χ4n) is 1.09. The van der Waals surface area contributed by atoms with Crippen molar-refractivity contribution < 1.29 is 13.6 Å². The standard InChI is InChI=1S/C9H6F2N4OS/c10-5-2-1-4(3-6(5)11)7(16)13-9-15-14-8(12)17-9/h1-3H,(H2,12,14)(H,13,15,16). The molecule has 0 saturated carbocycles. The highest BCUT2D eigenvalue weighted by molar-refractivity contribution is 7.19. The summed E-state index contributed by atoms with van der Waals surface area (Å²) in [5, 5.41) is 9.81. The van der Waals surface area contributed by atoms with Gasteiger partial charge in [0.15, 0.2) is 11.6 Å². The summed E-state index contributed by atoms with van der Waals surface area (Å²) in [6.45, 7) is 0. The molecule has 0 aliphatic rings. The van der Waals surface area contributed by atoms with E-state index in [9.17, 15) is 13.6 Å². The lowest BCUT2D eigenvalue weighted by atomic mass is 10.2. The fraction of sp³-hybridized carbons (Fsp3) is 0. The number of halogens is 2. The number of aromatic nitrogens is 2. The quantitative estimate of drug-likeness (QED) is 0.856. The average Bonchev–Trinajstić information content (AvgIpc) is 2.68. The van der Waals surface area contributed by atoms with Gasteiger partial charge in [-0.15, -0.1) is 10.2 Å². The molecule has 5 nitrogen and oxygen atoms in total. The summed E-state index contributed by atoms with van der Waals surface area (Å²) in [7, 11) is 0. The molecule has 1 aromatic heterocycles. The lowest BCUT2D eigenvalue weighted by Crippen LogP contribution is -2.12. The molecule has 0 unspecified atom stereocenters. The topological polar surface area (TPSA) is 80.9 Å². The Balaban J connectivity index is 2.17. The largest absolute Gasteiger partial charge is 0.374 e. The van der Waals surface area contributed by atoms with Gasteiger partial charge in [-0.2, -0.15) is 0 Å². The third kappa shape index (κ3) is 2.53. The van der Waals surface area contributed by atoms with Crippen LogP contribution in [-0.4, -0.2) is 16.1 Å². The molecule has 1 aromatic carbocycles. The van der Waals surface area contributed by atoms with Crippen LogP contribution in [0.4, 0.5) is 19.0 Å². The maximum atomic E-state index is 12.9. The maximum absolute atomic E-state index is 12.9. The van der Waals surface area contributed by atoms with E-state index in [1.165, 1.54) is 0 Å². The van der Waals surface area contributed by atoms with Crippen molar-refractivity contribution in [3.8, 4) is 0 Å². The molecule has 8 heteroatoms. The summed E-state index contributed by atoms with van der Waals surface area (Å²) < 4.78 is 25.5. The number of nitrogens with zero attached hydrogens (tertiary/aromatic N) is 2. The molecule has 2 rings (SSSR count). The van der Waals surface area contributed by atoms with E-state index in [4.69, 9.17) is 5.73 Å². The van der Waals surface area contributed by atoms with E-state index in [0.717, 1.165) is 29.5 Å². The number of nitrogens with two attached hydrogens (primary N) is 1. The molecule has 17 heavy (non-hydrogen) atoms.